The van der Waals surface area contributed by atoms with Crippen LogP contribution >= 0.6 is 0 Å². The lowest BCUT2D eigenvalue weighted by Gasteiger charge is -2.09. The van der Waals surface area contributed by atoms with Crippen molar-refractivity contribution >= 4 is 11.8 Å². The minimum Gasteiger partial charge on any atom is -0.489 e. The number of nitrogens with two attached hydrogens (primary N) is 2. The fourth-order valence-corrected chi connectivity index (χ4v) is 2.35. The third-order valence-corrected chi connectivity index (χ3v) is 3.54. The van der Waals surface area contributed by atoms with E-state index in [0.29, 0.717) is 11.3 Å². The fraction of sp³-hybridized carbons (Fsp3) is 0.0556. The molecule has 0 atom stereocenters. The third-order valence-electron chi connectivity index (χ3n) is 3.54. The smallest absolute Gasteiger partial charge is 0.222 e. The number of halogens is 2. The molecule has 1 heterocycles. The molecular formula is C18H13F2N5O. The molecule has 0 radical (unpaired) electrons. The Hall–Kier alpha value is -3.73. The van der Waals surface area contributed by atoms with Crippen LogP contribution in [0.25, 0.3) is 11.3 Å². The van der Waals surface area contributed by atoms with Crippen LogP contribution in [0.4, 0.5) is 20.5 Å². The molecule has 0 amide bonds. The maximum atomic E-state index is 13.2. The Kier molecular flexibility index (Phi) is 4.62. The lowest BCUT2D eigenvalue weighted by atomic mass is 10.1. The molecule has 1 aromatic heterocycles. The van der Waals surface area contributed by atoms with Crippen LogP contribution in [0.5, 0.6) is 5.75 Å². The van der Waals surface area contributed by atoms with E-state index in [0.717, 1.165) is 23.8 Å². The third kappa shape index (κ3) is 3.67. The molecule has 6 nitrogen and oxygen atoms in total. The maximum absolute atomic E-state index is 13.2. The zero-order valence-corrected chi connectivity index (χ0v) is 13.4. The van der Waals surface area contributed by atoms with Crippen LogP contribution in [0.15, 0.2) is 42.5 Å². The van der Waals surface area contributed by atoms with Gasteiger partial charge in [-0.2, -0.15) is 10.2 Å². The van der Waals surface area contributed by atoms with Crippen LogP contribution < -0.4 is 16.2 Å². The highest BCUT2D eigenvalue weighted by molar-refractivity contribution is 5.73. The molecular weight excluding hydrogens is 340 g/mol. The summed E-state index contributed by atoms with van der Waals surface area (Å²) < 4.78 is 31.7. The molecule has 0 fully saturated rings. The summed E-state index contributed by atoms with van der Waals surface area (Å²) in [5.41, 5.74) is 13.1. The summed E-state index contributed by atoms with van der Waals surface area (Å²) in [5, 5.41) is 9.23. The zero-order chi connectivity index (χ0) is 18.7. The Bertz CT molecular complexity index is 979. The van der Waals surface area contributed by atoms with E-state index in [1.54, 1.807) is 24.3 Å². The van der Waals surface area contributed by atoms with Gasteiger partial charge in [-0.1, -0.05) is 24.3 Å². The predicted molar refractivity (Wildman–Crippen MR) is 91.7 cm³/mol. The first-order valence-electron chi connectivity index (χ1n) is 7.47. The van der Waals surface area contributed by atoms with E-state index in [9.17, 15) is 14.0 Å². The zero-order valence-electron chi connectivity index (χ0n) is 13.4. The lowest BCUT2D eigenvalue weighted by molar-refractivity contribution is 0.302. The molecule has 130 valence electrons. The number of aromatic nitrogens is 2. The van der Waals surface area contributed by atoms with Crippen LogP contribution in [0.1, 0.15) is 11.1 Å². The summed E-state index contributed by atoms with van der Waals surface area (Å²) >= 11 is 0. The molecule has 0 saturated carbocycles. The van der Waals surface area contributed by atoms with Crippen molar-refractivity contribution in [2.24, 2.45) is 0 Å². The number of hydrogen-bond donors (Lipinski definition) is 2. The second-order valence-corrected chi connectivity index (χ2v) is 5.39. The van der Waals surface area contributed by atoms with E-state index in [4.69, 9.17) is 16.2 Å². The van der Waals surface area contributed by atoms with Gasteiger partial charge < -0.3 is 16.2 Å². The first kappa shape index (κ1) is 17.1. The van der Waals surface area contributed by atoms with Gasteiger partial charge in [0.25, 0.3) is 0 Å². The maximum Gasteiger partial charge on any atom is 0.222 e. The molecule has 3 aromatic rings. The van der Waals surface area contributed by atoms with Gasteiger partial charge in [0, 0.05) is 23.8 Å². The summed E-state index contributed by atoms with van der Waals surface area (Å²) in [6.45, 7) is 0.113. The molecule has 0 saturated heterocycles. The van der Waals surface area contributed by atoms with Gasteiger partial charge in [0.2, 0.25) is 5.95 Å². The summed E-state index contributed by atoms with van der Waals surface area (Å²) in [4.78, 5) is 7.83. The number of ether oxygens (including phenoxy) is 1. The topological polar surface area (TPSA) is 111 Å². The van der Waals surface area contributed by atoms with Crippen molar-refractivity contribution in [2.75, 3.05) is 11.5 Å². The number of nitriles is 1. The Morgan fingerprint density at radius 3 is 2.27 bits per heavy atom. The van der Waals surface area contributed by atoms with Gasteiger partial charge in [-0.05, 0) is 5.56 Å². The average molecular weight is 353 g/mol. The Morgan fingerprint density at radius 1 is 1.00 bits per heavy atom. The van der Waals surface area contributed by atoms with Gasteiger partial charge >= 0.3 is 0 Å². The molecule has 0 aliphatic carbocycles. The SMILES string of the molecule is N#Cc1c(N)nc(N)nc1-c1ccc(COc2cc(F)cc(F)c2)cc1. The molecule has 4 N–H and O–H groups in total. The number of benzene rings is 2. The minimum atomic E-state index is -0.710. The summed E-state index contributed by atoms with van der Waals surface area (Å²) in [5.74, 6) is -1.35. The number of rotatable bonds is 4. The van der Waals surface area contributed by atoms with Gasteiger partial charge in [0.1, 0.15) is 41.4 Å². The Morgan fingerprint density at radius 2 is 1.65 bits per heavy atom. The van der Waals surface area contributed by atoms with E-state index < -0.39 is 11.6 Å². The van der Waals surface area contributed by atoms with E-state index in [1.807, 2.05) is 6.07 Å². The Balaban J connectivity index is 1.80. The standard InChI is InChI=1S/C18H13F2N5O/c19-12-5-13(20)7-14(6-12)26-9-10-1-3-11(4-2-10)16-15(8-21)17(22)25-18(23)24-16/h1-7H,9H2,(H4,22,23,24,25). The van der Waals surface area contributed by atoms with Crippen LogP contribution in [0.3, 0.4) is 0 Å². The van der Waals surface area contributed by atoms with E-state index >= 15 is 0 Å². The summed E-state index contributed by atoms with van der Waals surface area (Å²) in [7, 11) is 0. The van der Waals surface area contributed by atoms with Gasteiger partial charge in [0.15, 0.2) is 0 Å². The van der Waals surface area contributed by atoms with Crippen molar-refractivity contribution in [3.63, 3.8) is 0 Å². The normalized spacial score (nSPS) is 10.3. The molecule has 0 unspecified atom stereocenters. The highest BCUT2D eigenvalue weighted by Gasteiger charge is 2.13. The quantitative estimate of drug-likeness (QED) is 0.746. The number of nitrogen functional groups attached to an aromatic ring is 2. The number of anilines is 2. The largest absolute Gasteiger partial charge is 0.489 e. The fourth-order valence-electron chi connectivity index (χ4n) is 2.35. The Labute approximate surface area is 147 Å². The van der Waals surface area contributed by atoms with E-state index in [-0.39, 0.29) is 29.7 Å². The molecule has 0 spiro atoms. The molecule has 0 aliphatic heterocycles. The van der Waals surface area contributed by atoms with Crippen LogP contribution in [-0.4, -0.2) is 9.97 Å². The van der Waals surface area contributed by atoms with Gasteiger partial charge in [-0.25, -0.2) is 13.8 Å². The van der Waals surface area contributed by atoms with Crippen molar-refractivity contribution in [3.8, 4) is 23.1 Å². The predicted octanol–water partition coefficient (Wildman–Crippen LogP) is 3.04. The molecule has 8 heteroatoms. The molecule has 0 bridgehead atoms. The number of nitrogens with zero attached hydrogens (tertiary/aromatic N) is 3. The highest BCUT2D eigenvalue weighted by atomic mass is 19.1. The van der Waals surface area contributed by atoms with Crippen molar-refractivity contribution in [1.82, 2.24) is 9.97 Å². The van der Waals surface area contributed by atoms with Gasteiger partial charge in [0.05, 0.1) is 5.69 Å². The second kappa shape index (κ2) is 7.03. The van der Waals surface area contributed by atoms with E-state index in [1.165, 1.54) is 0 Å². The number of hydrogen-bond acceptors (Lipinski definition) is 6. The lowest BCUT2D eigenvalue weighted by Crippen LogP contribution is -2.05. The van der Waals surface area contributed by atoms with Gasteiger partial charge in [-0.3, -0.25) is 0 Å². The molecule has 0 aliphatic rings. The van der Waals surface area contributed by atoms with Crippen molar-refractivity contribution in [1.29, 1.82) is 5.26 Å². The van der Waals surface area contributed by atoms with Crippen molar-refractivity contribution in [3.05, 3.63) is 65.2 Å². The minimum absolute atomic E-state index is 0.00976. The van der Waals surface area contributed by atoms with Crippen LogP contribution in [0.2, 0.25) is 0 Å². The van der Waals surface area contributed by atoms with Crippen molar-refractivity contribution < 1.29 is 13.5 Å². The van der Waals surface area contributed by atoms with Crippen LogP contribution in [-0.2, 0) is 6.61 Å². The van der Waals surface area contributed by atoms with E-state index in [2.05, 4.69) is 9.97 Å². The van der Waals surface area contributed by atoms with Crippen LogP contribution in [0, 0.1) is 23.0 Å². The first-order chi connectivity index (χ1) is 12.5. The van der Waals surface area contributed by atoms with Gasteiger partial charge in [-0.15, -0.1) is 0 Å². The molecule has 26 heavy (non-hydrogen) atoms. The second-order valence-electron chi connectivity index (χ2n) is 5.39. The van der Waals surface area contributed by atoms with Crippen molar-refractivity contribution in [2.45, 2.75) is 6.61 Å². The highest BCUT2D eigenvalue weighted by Crippen LogP contribution is 2.26. The summed E-state index contributed by atoms with van der Waals surface area (Å²) in [6.07, 6.45) is 0. The first-order valence-corrected chi connectivity index (χ1v) is 7.47. The molecule has 2 aromatic carbocycles. The monoisotopic (exact) mass is 353 g/mol. The summed E-state index contributed by atoms with van der Waals surface area (Å²) in [6, 6.07) is 11.8. The molecule has 3 rings (SSSR count). The average Bonchev–Trinajstić information content (AvgIpc) is 2.59.